The van der Waals surface area contributed by atoms with Crippen molar-refractivity contribution in [1.82, 2.24) is 4.90 Å². The van der Waals surface area contributed by atoms with E-state index in [1.54, 1.807) is 19.2 Å². The summed E-state index contributed by atoms with van der Waals surface area (Å²) in [5.74, 6) is 2.01. The standard InChI is InChI=1S/C18H18N2O4/c1-3-8-19-11-13-4-6-16(23-2)10-18(13)24-17-7-5-15(20(21)22)9-14(17)12-19/h3-7,9-10H,1,8,11-12H2,2H3. The molecule has 1 heterocycles. The third-order valence-electron chi connectivity index (χ3n) is 3.92. The predicted octanol–water partition coefficient (Wildman–Crippen LogP) is 3.90. The van der Waals surface area contributed by atoms with Crippen LogP contribution in [0.1, 0.15) is 11.1 Å². The van der Waals surface area contributed by atoms with Gasteiger partial charge in [0, 0.05) is 49.0 Å². The Labute approximate surface area is 140 Å². The average molecular weight is 326 g/mol. The highest BCUT2D eigenvalue weighted by molar-refractivity contribution is 5.49. The lowest BCUT2D eigenvalue weighted by molar-refractivity contribution is -0.384. The minimum absolute atomic E-state index is 0.0577. The summed E-state index contributed by atoms with van der Waals surface area (Å²) >= 11 is 0. The molecule has 0 saturated carbocycles. The van der Waals surface area contributed by atoms with Crippen molar-refractivity contribution in [2.24, 2.45) is 0 Å². The van der Waals surface area contributed by atoms with Crippen LogP contribution in [-0.2, 0) is 13.1 Å². The first kappa shape index (κ1) is 16.0. The molecule has 24 heavy (non-hydrogen) atoms. The van der Waals surface area contributed by atoms with Crippen LogP contribution >= 0.6 is 0 Å². The number of fused-ring (bicyclic) bond motifs is 2. The van der Waals surface area contributed by atoms with E-state index in [9.17, 15) is 10.1 Å². The summed E-state index contributed by atoms with van der Waals surface area (Å²) in [6.07, 6.45) is 1.82. The van der Waals surface area contributed by atoms with Crippen LogP contribution in [0.4, 0.5) is 5.69 Å². The van der Waals surface area contributed by atoms with Gasteiger partial charge in [-0.15, -0.1) is 6.58 Å². The molecular weight excluding hydrogens is 308 g/mol. The molecule has 6 heteroatoms. The maximum absolute atomic E-state index is 11.0. The van der Waals surface area contributed by atoms with Crippen LogP contribution in [0, 0.1) is 10.1 Å². The zero-order valence-electron chi connectivity index (χ0n) is 13.4. The van der Waals surface area contributed by atoms with E-state index in [1.165, 1.54) is 6.07 Å². The molecule has 0 fully saturated rings. The quantitative estimate of drug-likeness (QED) is 0.484. The summed E-state index contributed by atoms with van der Waals surface area (Å²) in [5.41, 5.74) is 1.86. The SMILES string of the molecule is C=CCN1Cc2cc([N+](=O)[O-])ccc2Oc2cc(OC)ccc2C1. The summed E-state index contributed by atoms with van der Waals surface area (Å²) in [6.45, 7) is 5.68. The molecule has 124 valence electrons. The number of nitro benzene ring substituents is 1. The second-order valence-electron chi connectivity index (χ2n) is 5.58. The van der Waals surface area contributed by atoms with E-state index in [1.807, 2.05) is 24.3 Å². The highest BCUT2D eigenvalue weighted by Gasteiger charge is 2.20. The van der Waals surface area contributed by atoms with E-state index >= 15 is 0 Å². The fraction of sp³-hybridized carbons (Fsp3) is 0.222. The van der Waals surface area contributed by atoms with Gasteiger partial charge in [0.25, 0.3) is 5.69 Å². The van der Waals surface area contributed by atoms with Crippen molar-refractivity contribution < 1.29 is 14.4 Å². The minimum Gasteiger partial charge on any atom is -0.497 e. The molecule has 0 atom stereocenters. The largest absolute Gasteiger partial charge is 0.497 e. The summed E-state index contributed by atoms with van der Waals surface area (Å²) in [5, 5.41) is 11.0. The number of rotatable bonds is 4. The molecule has 0 aromatic heterocycles. The maximum Gasteiger partial charge on any atom is 0.270 e. The molecule has 0 N–H and O–H groups in total. The number of non-ortho nitro benzene ring substituents is 1. The first-order valence-electron chi connectivity index (χ1n) is 7.56. The summed E-state index contributed by atoms with van der Waals surface area (Å²) < 4.78 is 11.3. The number of ether oxygens (including phenoxy) is 2. The van der Waals surface area contributed by atoms with Crippen LogP contribution in [0.25, 0.3) is 0 Å². The summed E-state index contributed by atoms with van der Waals surface area (Å²) in [4.78, 5) is 12.8. The molecule has 0 amide bonds. The van der Waals surface area contributed by atoms with Gasteiger partial charge in [-0.1, -0.05) is 12.1 Å². The molecule has 0 aliphatic carbocycles. The third-order valence-corrected chi connectivity index (χ3v) is 3.92. The molecule has 6 nitrogen and oxygen atoms in total. The first-order chi connectivity index (χ1) is 11.6. The Morgan fingerprint density at radius 3 is 2.75 bits per heavy atom. The van der Waals surface area contributed by atoms with Crippen molar-refractivity contribution in [2.45, 2.75) is 13.1 Å². The smallest absolute Gasteiger partial charge is 0.270 e. The van der Waals surface area contributed by atoms with Crippen LogP contribution in [-0.4, -0.2) is 23.5 Å². The summed E-state index contributed by atoms with van der Waals surface area (Å²) in [7, 11) is 1.60. The number of methoxy groups -OCH3 is 1. The van der Waals surface area contributed by atoms with E-state index in [-0.39, 0.29) is 5.69 Å². The van der Waals surface area contributed by atoms with Gasteiger partial charge >= 0.3 is 0 Å². The topological polar surface area (TPSA) is 64.8 Å². The Hall–Kier alpha value is -2.86. The van der Waals surface area contributed by atoms with Gasteiger partial charge in [0.1, 0.15) is 17.2 Å². The van der Waals surface area contributed by atoms with E-state index in [0.717, 1.165) is 11.1 Å². The maximum atomic E-state index is 11.0. The lowest BCUT2D eigenvalue weighted by Crippen LogP contribution is -2.24. The van der Waals surface area contributed by atoms with Gasteiger partial charge in [-0.05, 0) is 12.1 Å². The summed E-state index contributed by atoms with van der Waals surface area (Å²) in [6, 6.07) is 10.4. The zero-order chi connectivity index (χ0) is 17.1. The Morgan fingerprint density at radius 1 is 1.25 bits per heavy atom. The molecule has 1 aliphatic rings. The van der Waals surface area contributed by atoms with Crippen molar-refractivity contribution in [3.05, 3.63) is 70.3 Å². The van der Waals surface area contributed by atoms with Gasteiger partial charge in [-0.2, -0.15) is 0 Å². The number of hydrogen-bond donors (Lipinski definition) is 0. The van der Waals surface area contributed by atoms with Gasteiger partial charge in [-0.3, -0.25) is 15.0 Å². The van der Waals surface area contributed by atoms with E-state index in [2.05, 4.69) is 11.5 Å². The average Bonchev–Trinajstić information content (AvgIpc) is 2.56. The molecule has 3 rings (SSSR count). The van der Waals surface area contributed by atoms with Gasteiger partial charge in [0.2, 0.25) is 0 Å². The Balaban J connectivity index is 2.07. The lowest BCUT2D eigenvalue weighted by Gasteiger charge is -2.26. The third kappa shape index (κ3) is 3.23. The fourth-order valence-corrected chi connectivity index (χ4v) is 2.76. The highest BCUT2D eigenvalue weighted by Crippen LogP contribution is 2.36. The molecular formula is C18H18N2O4. The van der Waals surface area contributed by atoms with Gasteiger partial charge < -0.3 is 9.47 Å². The number of hydrogen-bond acceptors (Lipinski definition) is 5. The number of nitro groups is 1. The van der Waals surface area contributed by atoms with E-state index < -0.39 is 4.92 Å². The lowest BCUT2D eigenvalue weighted by atomic mass is 10.1. The van der Waals surface area contributed by atoms with Gasteiger partial charge in [0.15, 0.2) is 0 Å². The fourth-order valence-electron chi connectivity index (χ4n) is 2.76. The normalized spacial score (nSPS) is 13.7. The Kier molecular flexibility index (Phi) is 4.48. The van der Waals surface area contributed by atoms with Crippen LogP contribution in [0.2, 0.25) is 0 Å². The van der Waals surface area contributed by atoms with Crippen molar-refractivity contribution in [3.63, 3.8) is 0 Å². The van der Waals surface area contributed by atoms with Crippen molar-refractivity contribution in [2.75, 3.05) is 13.7 Å². The minimum atomic E-state index is -0.395. The second kappa shape index (κ2) is 6.72. The van der Waals surface area contributed by atoms with Crippen LogP contribution in [0.5, 0.6) is 17.2 Å². The Morgan fingerprint density at radius 2 is 2.04 bits per heavy atom. The Bertz CT molecular complexity index is 789. The van der Waals surface area contributed by atoms with Crippen LogP contribution < -0.4 is 9.47 Å². The molecule has 2 aromatic carbocycles. The molecule has 0 saturated heterocycles. The van der Waals surface area contributed by atoms with Crippen molar-refractivity contribution in [3.8, 4) is 17.2 Å². The molecule has 0 bridgehead atoms. The van der Waals surface area contributed by atoms with Crippen LogP contribution in [0.3, 0.4) is 0 Å². The number of benzene rings is 2. The first-order valence-corrected chi connectivity index (χ1v) is 7.56. The molecule has 0 radical (unpaired) electrons. The second-order valence-corrected chi connectivity index (χ2v) is 5.58. The van der Waals surface area contributed by atoms with Crippen molar-refractivity contribution >= 4 is 5.69 Å². The molecule has 0 spiro atoms. The van der Waals surface area contributed by atoms with Gasteiger partial charge in [-0.25, -0.2) is 0 Å². The molecule has 2 aromatic rings. The predicted molar refractivity (Wildman–Crippen MR) is 90.5 cm³/mol. The van der Waals surface area contributed by atoms with Crippen LogP contribution in [0.15, 0.2) is 49.1 Å². The zero-order valence-corrected chi connectivity index (χ0v) is 13.4. The number of nitrogens with zero attached hydrogens (tertiary/aromatic N) is 2. The molecule has 1 aliphatic heterocycles. The highest BCUT2D eigenvalue weighted by atomic mass is 16.6. The van der Waals surface area contributed by atoms with Gasteiger partial charge in [0.05, 0.1) is 12.0 Å². The van der Waals surface area contributed by atoms with E-state index in [0.29, 0.717) is 36.9 Å². The van der Waals surface area contributed by atoms with E-state index in [4.69, 9.17) is 9.47 Å². The van der Waals surface area contributed by atoms with Crippen molar-refractivity contribution in [1.29, 1.82) is 0 Å². The molecule has 0 unspecified atom stereocenters. The monoisotopic (exact) mass is 326 g/mol.